The van der Waals surface area contributed by atoms with E-state index >= 15 is 0 Å². The van der Waals surface area contributed by atoms with Crippen molar-refractivity contribution in [2.24, 2.45) is 5.92 Å². The second-order valence-electron chi connectivity index (χ2n) is 6.46. The number of nitrogens with zero attached hydrogens (tertiary/aromatic N) is 2. The maximum atomic E-state index is 12.5. The molecule has 4 nitrogen and oxygen atoms in total. The largest absolute Gasteiger partial charge is 0.348 e. The van der Waals surface area contributed by atoms with Gasteiger partial charge in [0.1, 0.15) is 0 Å². The zero-order valence-corrected chi connectivity index (χ0v) is 13.7. The van der Waals surface area contributed by atoms with E-state index in [2.05, 4.69) is 22.1 Å². The summed E-state index contributed by atoms with van der Waals surface area (Å²) in [7, 11) is 0. The van der Waals surface area contributed by atoms with Crippen molar-refractivity contribution in [1.82, 2.24) is 15.2 Å². The van der Waals surface area contributed by atoms with E-state index in [1.807, 2.05) is 18.2 Å². The highest BCUT2D eigenvalue weighted by molar-refractivity contribution is 7.18. The van der Waals surface area contributed by atoms with Crippen LogP contribution in [0.3, 0.4) is 0 Å². The van der Waals surface area contributed by atoms with Crippen LogP contribution in [0.5, 0.6) is 0 Å². The van der Waals surface area contributed by atoms with Gasteiger partial charge < -0.3 is 10.2 Å². The average molecular weight is 315 g/mol. The summed E-state index contributed by atoms with van der Waals surface area (Å²) in [5, 5.41) is 4.35. The molecule has 0 radical (unpaired) electrons. The van der Waals surface area contributed by atoms with Gasteiger partial charge in [0.25, 0.3) is 5.91 Å². The van der Waals surface area contributed by atoms with E-state index in [9.17, 15) is 4.79 Å². The lowest BCUT2D eigenvalue weighted by Gasteiger charge is -2.30. The van der Waals surface area contributed by atoms with Gasteiger partial charge in [0.2, 0.25) is 0 Å². The molecule has 2 aliphatic heterocycles. The SMILES string of the molecule is CCc1nc2cc(C(=O)N[C@@H]3C[C@@H]4CCN(C4)C3)ccc2s1. The van der Waals surface area contributed by atoms with Crippen molar-refractivity contribution < 1.29 is 4.79 Å². The molecule has 0 saturated carbocycles. The van der Waals surface area contributed by atoms with Gasteiger partial charge in [0.15, 0.2) is 0 Å². The van der Waals surface area contributed by atoms with Crippen molar-refractivity contribution >= 4 is 27.5 Å². The molecule has 1 aromatic heterocycles. The third kappa shape index (κ3) is 2.63. The molecule has 0 spiro atoms. The maximum absolute atomic E-state index is 12.5. The minimum Gasteiger partial charge on any atom is -0.348 e. The highest BCUT2D eigenvalue weighted by Crippen LogP contribution is 2.27. The van der Waals surface area contributed by atoms with Crippen LogP contribution in [-0.4, -0.2) is 41.5 Å². The van der Waals surface area contributed by atoms with Crippen LogP contribution in [0, 0.1) is 5.92 Å². The molecular formula is C17H21N3OS. The van der Waals surface area contributed by atoms with Gasteiger partial charge in [0.05, 0.1) is 15.2 Å². The summed E-state index contributed by atoms with van der Waals surface area (Å²) in [4.78, 5) is 19.6. The zero-order valence-electron chi connectivity index (χ0n) is 12.8. The Kier molecular flexibility index (Phi) is 3.62. The Labute approximate surface area is 134 Å². The number of aryl methyl sites for hydroxylation is 1. The van der Waals surface area contributed by atoms with Crippen LogP contribution in [0.25, 0.3) is 10.2 Å². The standard InChI is InChI=1S/C17H21N3OS/c1-2-16-19-14-8-12(3-4-15(14)22-16)17(21)18-13-7-11-5-6-20(9-11)10-13/h3-4,8,11,13H,2,5-7,9-10H2,1H3,(H,18,21)/t11-,13+/m0/s1. The first-order chi connectivity index (χ1) is 10.7. The van der Waals surface area contributed by atoms with Crippen LogP contribution in [0.1, 0.15) is 35.1 Å². The first-order valence-corrected chi connectivity index (χ1v) is 8.95. The molecule has 22 heavy (non-hydrogen) atoms. The molecule has 1 amide bonds. The molecule has 2 fully saturated rings. The lowest BCUT2D eigenvalue weighted by Crippen LogP contribution is -2.47. The number of aromatic nitrogens is 1. The summed E-state index contributed by atoms with van der Waals surface area (Å²) < 4.78 is 1.16. The molecule has 2 saturated heterocycles. The second kappa shape index (κ2) is 5.63. The number of fused-ring (bicyclic) bond motifs is 3. The number of thiazole rings is 1. The van der Waals surface area contributed by atoms with Crippen molar-refractivity contribution in [3.8, 4) is 0 Å². The molecule has 116 valence electrons. The van der Waals surface area contributed by atoms with E-state index in [0.29, 0.717) is 6.04 Å². The van der Waals surface area contributed by atoms with Gasteiger partial charge in [-0.3, -0.25) is 4.79 Å². The Balaban J connectivity index is 1.50. The van der Waals surface area contributed by atoms with Gasteiger partial charge >= 0.3 is 0 Å². The van der Waals surface area contributed by atoms with Gasteiger partial charge in [-0.1, -0.05) is 6.92 Å². The molecule has 2 bridgehead atoms. The zero-order chi connectivity index (χ0) is 15.1. The van der Waals surface area contributed by atoms with Crippen LogP contribution in [0.15, 0.2) is 18.2 Å². The molecule has 1 N–H and O–H groups in total. The molecule has 2 aromatic rings. The summed E-state index contributed by atoms with van der Waals surface area (Å²) in [6, 6.07) is 6.17. The molecule has 1 aromatic carbocycles. The quantitative estimate of drug-likeness (QED) is 0.947. The van der Waals surface area contributed by atoms with Crippen LogP contribution < -0.4 is 5.32 Å². The monoisotopic (exact) mass is 315 g/mol. The number of hydrogen-bond acceptors (Lipinski definition) is 4. The fourth-order valence-electron chi connectivity index (χ4n) is 3.70. The fraction of sp³-hybridized carbons (Fsp3) is 0.529. The van der Waals surface area contributed by atoms with Gasteiger partial charge in [-0.2, -0.15) is 0 Å². The van der Waals surface area contributed by atoms with E-state index in [-0.39, 0.29) is 5.91 Å². The minimum absolute atomic E-state index is 0.0421. The Morgan fingerprint density at radius 2 is 2.36 bits per heavy atom. The van der Waals surface area contributed by atoms with E-state index in [1.54, 1.807) is 11.3 Å². The summed E-state index contributed by atoms with van der Waals surface area (Å²) in [6.07, 6.45) is 3.36. The summed E-state index contributed by atoms with van der Waals surface area (Å²) >= 11 is 1.71. The number of amides is 1. The molecule has 3 heterocycles. The molecule has 1 unspecified atom stereocenters. The first kappa shape index (κ1) is 14.2. The van der Waals surface area contributed by atoms with Gasteiger partial charge in [0, 0.05) is 24.7 Å². The third-order valence-corrected chi connectivity index (χ3v) is 5.98. The number of rotatable bonds is 3. The van der Waals surface area contributed by atoms with Crippen molar-refractivity contribution in [2.75, 3.05) is 19.6 Å². The fourth-order valence-corrected chi connectivity index (χ4v) is 4.59. The number of carbonyl (C=O) groups is 1. The number of carbonyl (C=O) groups excluding carboxylic acids is 1. The smallest absolute Gasteiger partial charge is 0.251 e. The van der Waals surface area contributed by atoms with E-state index < -0.39 is 0 Å². The molecule has 5 heteroatoms. The minimum atomic E-state index is 0.0421. The normalized spacial score (nSPS) is 27.2. The van der Waals surface area contributed by atoms with Crippen LogP contribution in [-0.2, 0) is 6.42 Å². The Morgan fingerprint density at radius 1 is 1.45 bits per heavy atom. The molecule has 2 aliphatic rings. The maximum Gasteiger partial charge on any atom is 0.251 e. The number of hydrogen-bond donors (Lipinski definition) is 1. The summed E-state index contributed by atoms with van der Waals surface area (Å²) in [6.45, 7) is 5.53. The molecule has 3 atom stereocenters. The predicted molar refractivity (Wildman–Crippen MR) is 89.4 cm³/mol. The van der Waals surface area contributed by atoms with E-state index in [0.717, 1.165) is 46.1 Å². The van der Waals surface area contributed by atoms with Crippen LogP contribution >= 0.6 is 11.3 Å². The molecule has 0 aliphatic carbocycles. The predicted octanol–water partition coefficient (Wildman–Crippen LogP) is 2.68. The first-order valence-electron chi connectivity index (χ1n) is 8.14. The summed E-state index contributed by atoms with van der Waals surface area (Å²) in [5.74, 6) is 0.813. The highest BCUT2D eigenvalue weighted by Gasteiger charge is 2.32. The third-order valence-electron chi connectivity index (χ3n) is 4.80. The number of piperidine rings is 1. The Hall–Kier alpha value is -1.46. The topological polar surface area (TPSA) is 45.2 Å². The van der Waals surface area contributed by atoms with Gasteiger partial charge in [-0.25, -0.2) is 4.98 Å². The van der Waals surface area contributed by atoms with Crippen LogP contribution in [0.4, 0.5) is 0 Å². The summed E-state index contributed by atoms with van der Waals surface area (Å²) in [5.41, 5.74) is 1.68. The van der Waals surface area contributed by atoms with Gasteiger partial charge in [-0.15, -0.1) is 11.3 Å². The second-order valence-corrected chi connectivity index (χ2v) is 7.58. The average Bonchev–Trinajstić information content (AvgIpc) is 3.09. The van der Waals surface area contributed by atoms with E-state index in [1.165, 1.54) is 19.5 Å². The number of nitrogens with one attached hydrogen (secondary N) is 1. The van der Waals surface area contributed by atoms with Gasteiger partial charge in [-0.05, 0) is 49.9 Å². The Morgan fingerprint density at radius 3 is 3.18 bits per heavy atom. The molecular weight excluding hydrogens is 294 g/mol. The molecule has 4 rings (SSSR count). The highest BCUT2D eigenvalue weighted by atomic mass is 32.1. The van der Waals surface area contributed by atoms with Crippen LogP contribution in [0.2, 0.25) is 0 Å². The lowest BCUT2D eigenvalue weighted by atomic mass is 9.96. The van der Waals surface area contributed by atoms with Crippen molar-refractivity contribution in [3.63, 3.8) is 0 Å². The number of benzene rings is 1. The van der Waals surface area contributed by atoms with Crippen molar-refractivity contribution in [3.05, 3.63) is 28.8 Å². The van der Waals surface area contributed by atoms with E-state index in [4.69, 9.17) is 0 Å². The van der Waals surface area contributed by atoms with Crippen molar-refractivity contribution in [2.45, 2.75) is 32.2 Å². The van der Waals surface area contributed by atoms with Crippen molar-refractivity contribution in [1.29, 1.82) is 0 Å². The lowest BCUT2D eigenvalue weighted by molar-refractivity contribution is 0.0909. The Bertz CT molecular complexity index is 699.